The summed E-state index contributed by atoms with van der Waals surface area (Å²) < 4.78 is 17.0. The van der Waals surface area contributed by atoms with Crippen LogP contribution in [0.4, 0.5) is 16.2 Å². The summed E-state index contributed by atoms with van der Waals surface area (Å²) in [5.41, 5.74) is 0.255. The topological polar surface area (TPSA) is 118 Å². The minimum Gasteiger partial charge on any atom is -0.368 e. The number of piperidine rings is 1. The first kappa shape index (κ1) is 22.6. The normalized spacial score (nSPS) is 19.1. The molecule has 2 saturated heterocycles. The van der Waals surface area contributed by atoms with Crippen molar-refractivity contribution in [3.8, 4) is 0 Å². The predicted octanol–water partition coefficient (Wildman–Crippen LogP) is 2.50. The number of anilines is 2. The summed E-state index contributed by atoms with van der Waals surface area (Å²) >= 11 is 3.25. The molecule has 34 heavy (non-hydrogen) atoms. The number of hydrogen-bond acceptors (Lipinski definition) is 8. The number of amides is 2. The molecule has 4 heterocycles. The number of carbonyl (C=O) groups is 2. The first-order chi connectivity index (χ1) is 16.5. The SMILES string of the molecule is O=C1CC(CC2CCN(c3nc(NCCn4cncn4)c4ccc(Br)c(F)c4n3)CC2)C(=O)N1. The zero-order valence-electron chi connectivity index (χ0n) is 18.4. The third kappa shape index (κ3) is 4.72. The standard InChI is InChI=1S/C22H24BrFN8O2/c23-16-2-1-15-19(18(16)24)29-22(30-20(15)26-5-8-32-12-25-11-27-32)31-6-3-13(4-7-31)9-14-10-17(33)28-21(14)34/h1-2,11-14H,3-10H2,(H,26,29,30)(H,28,33,34). The molecule has 0 aliphatic carbocycles. The van der Waals surface area contributed by atoms with E-state index in [1.807, 2.05) is 0 Å². The highest BCUT2D eigenvalue weighted by atomic mass is 79.9. The molecule has 1 unspecified atom stereocenters. The van der Waals surface area contributed by atoms with Crippen molar-refractivity contribution in [2.24, 2.45) is 11.8 Å². The van der Waals surface area contributed by atoms with Gasteiger partial charge in [-0.1, -0.05) is 0 Å². The molecule has 0 radical (unpaired) electrons. The van der Waals surface area contributed by atoms with E-state index in [2.05, 4.69) is 46.5 Å². The molecule has 12 heteroatoms. The molecule has 2 amide bonds. The quantitative estimate of drug-likeness (QED) is 0.447. The molecule has 0 saturated carbocycles. The van der Waals surface area contributed by atoms with E-state index in [1.54, 1.807) is 23.1 Å². The molecule has 0 bridgehead atoms. The van der Waals surface area contributed by atoms with E-state index in [0.717, 1.165) is 12.8 Å². The van der Waals surface area contributed by atoms with Crippen LogP contribution >= 0.6 is 15.9 Å². The van der Waals surface area contributed by atoms with Crippen LogP contribution in [0, 0.1) is 17.7 Å². The van der Waals surface area contributed by atoms with Crippen molar-refractivity contribution in [1.29, 1.82) is 0 Å². The van der Waals surface area contributed by atoms with Crippen LogP contribution in [0.5, 0.6) is 0 Å². The van der Waals surface area contributed by atoms with E-state index >= 15 is 0 Å². The number of carbonyl (C=O) groups excluding carboxylic acids is 2. The van der Waals surface area contributed by atoms with Gasteiger partial charge < -0.3 is 10.2 Å². The fourth-order valence-electron chi connectivity index (χ4n) is 4.61. The van der Waals surface area contributed by atoms with Crippen molar-refractivity contribution in [1.82, 2.24) is 30.0 Å². The summed E-state index contributed by atoms with van der Waals surface area (Å²) in [4.78, 5) is 38.7. The average Bonchev–Trinajstić information content (AvgIpc) is 3.46. The third-order valence-electron chi connectivity index (χ3n) is 6.43. The van der Waals surface area contributed by atoms with Crippen LogP contribution in [-0.2, 0) is 16.1 Å². The smallest absolute Gasteiger partial charge is 0.230 e. The van der Waals surface area contributed by atoms with Gasteiger partial charge in [-0.2, -0.15) is 10.1 Å². The average molecular weight is 531 g/mol. The van der Waals surface area contributed by atoms with Gasteiger partial charge >= 0.3 is 0 Å². The maximum absolute atomic E-state index is 15.0. The molecule has 2 fully saturated rings. The minimum absolute atomic E-state index is 0.159. The summed E-state index contributed by atoms with van der Waals surface area (Å²) in [7, 11) is 0. The van der Waals surface area contributed by atoms with Crippen LogP contribution < -0.4 is 15.5 Å². The largest absolute Gasteiger partial charge is 0.368 e. The van der Waals surface area contributed by atoms with Gasteiger partial charge in [0.1, 0.15) is 24.0 Å². The Morgan fingerprint density at radius 3 is 2.74 bits per heavy atom. The van der Waals surface area contributed by atoms with Crippen LogP contribution in [-0.4, -0.2) is 56.2 Å². The van der Waals surface area contributed by atoms with Gasteiger partial charge in [0.15, 0.2) is 5.82 Å². The highest BCUT2D eigenvalue weighted by Crippen LogP contribution is 2.32. The number of nitrogens with zero attached hydrogens (tertiary/aromatic N) is 6. The van der Waals surface area contributed by atoms with Gasteiger partial charge in [0.05, 0.1) is 11.0 Å². The molecule has 10 nitrogen and oxygen atoms in total. The third-order valence-corrected chi connectivity index (χ3v) is 7.04. The second kappa shape index (κ2) is 9.61. The Hall–Kier alpha value is -3.15. The first-order valence-corrected chi connectivity index (χ1v) is 12.1. The second-order valence-electron chi connectivity index (χ2n) is 8.69. The van der Waals surface area contributed by atoms with Gasteiger partial charge in [-0.15, -0.1) is 0 Å². The summed E-state index contributed by atoms with van der Waals surface area (Å²) in [6.07, 6.45) is 5.82. The van der Waals surface area contributed by atoms with Crippen LogP contribution in [0.3, 0.4) is 0 Å². The fourth-order valence-corrected chi connectivity index (χ4v) is 4.93. The summed E-state index contributed by atoms with van der Waals surface area (Å²) in [5, 5.41) is 10.4. The lowest BCUT2D eigenvalue weighted by molar-refractivity contribution is -0.126. The van der Waals surface area contributed by atoms with E-state index in [0.29, 0.717) is 60.1 Å². The summed E-state index contributed by atoms with van der Waals surface area (Å²) in [6, 6.07) is 3.45. The molecule has 178 valence electrons. The summed E-state index contributed by atoms with van der Waals surface area (Å²) in [5.74, 6) is 0.391. The number of benzene rings is 1. The van der Waals surface area contributed by atoms with Crippen LogP contribution in [0.1, 0.15) is 25.7 Å². The van der Waals surface area contributed by atoms with Gasteiger partial charge in [-0.25, -0.2) is 14.4 Å². The first-order valence-electron chi connectivity index (χ1n) is 11.3. The molecule has 2 aliphatic rings. The van der Waals surface area contributed by atoms with Gasteiger partial charge in [-0.3, -0.25) is 19.6 Å². The molecule has 2 aromatic heterocycles. The molecule has 1 aromatic carbocycles. The number of nitrogens with one attached hydrogen (secondary N) is 2. The highest BCUT2D eigenvalue weighted by Gasteiger charge is 2.33. The Labute approximate surface area is 203 Å². The molecular weight excluding hydrogens is 507 g/mol. The highest BCUT2D eigenvalue weighted by molar-refractivity contribution is 9.10. The zero-order valence-corrected chi connectivity index (χ0v) is 20.0. The van der Waals surface area contributed by atoms with Crippen molar-refractivity contribution in [2.45, 2.75) is 32.2 Å². The maximum Gasteiger partial charge on any atom is 0.230 e. The van der Waals surface area contributed by atoms with Crippen LogP contribution in [0.15, 0.2) is 29.3 Å². The number of hydrogen-bond donors (Lipinski definition) is 2. The van der Waals surface area contributed by atoms with Gasteiger partial charge in [0, 0.05) is 37.4 Å². The molecular formula is C22H24BrFN8O2. The number of rotatable bonds is 7. The number of fused-ring (bicyclic) bond motifs is 1. The lowest BCUT2D eigenvalue weighted by Crippen LogP contribution is -2.36. The number of aromatic nitrogens is 5. The van der Waals surface area contributed by atoms with E-state index in [4.69, 9.17) is 4.98 Å². The monoisotopic (exact) mass is 530 g/mol. The Morgan fingerprint density at radius 2 is 2.03 bits per heavy atom. The lowest BCUT2D eigenvalue weighted by atomic mass is 9.86. The number of halogens is 2. The van der Waals surface area contributed by atoms with E-state index in [9.17, 15) is 14.0 Å². The van der Waals surface area contributed by atoms with E-state index in [-0.39, 0.29) is 29.7 Å². The van der Waals surface area contributed by atoms with Crippen LogP contribution in [0.2, 0.25) is 0 Å². The van der Waals surface area contributed by atoms with E-state index < -0.39 is 5.82 Å². The Bertz CT molecular complexity index is 1210. The molecule has 3 aromatic rings. The maximum atomic E-state index is 15.0. The Morgan fingerprint density at radius 1 is 1.21 bits per heavy atom. The zero-order chi connectivity index (χ0) is 23.7. The van der Waals surface area contributed by atoms with Gasteiger partial charge in [-0.05, 0) is 53.2 Å². The van der Waals surface area contributed by atoms with E-state index in [1.165, 1.54) is 6.33 Å². The molecule has 2 aliphatic heterocycles. The molecule has 5 rings (SSSR count). The van der Waals surface area contributed by atoms with Crippen molar-refractivity contribution < 1.29 is 14.0 Å². The Kier molecular flexibility index (Phi) is 6.40. The fraction of sp³-hybridized carbons (Fsp3) is 0.455. The summed E-state index contributed by atoms with van der Waals surface area (Å²) in [6.45, 7) is 2.53. The van der Waals surface area contributed by atoms with Crippen LogP contribution in [0.25, 0.3) is 10.9 Å². The predicted molar refractivity (Wildman–Crippen MR) is 127 cm³/mol. The minimum atomic E-state index is -0.424. The van der Waals surface area contributed by atoms with Crippen molar-refractivity contribution in [2.75, 3.05) is 29.9 Å². The second-order valence-corrected chi connectivity index (χ2v) is 9.55. The van der Waals surface area contributed by atoms with Crippen molar-refractivity contribution in [3.05, 3.63) is 35.1 Å². The number of imide groups is 1. The van der Waals surface area contributed by atoms with Crippen molar-refractivity contribution in [3.63, 3.8) is 0 Å². The van der Waals surface area contributed by atoms with Gasteiger partial charge in [0.2, 0.25) is 17.8 Å². The molecule has 0 spiro atoms. The Balaban J connectivity index is 1.32. The lowest BCUT2D eigenvalue weighted by Gasteiger charge is -2.33. The molecule has 1 atom stereocenters. The molecule has 2 N–H and O–H groups in total. The van der Waals surface area contributed by atoms with Crippen molar-refractivity contribution >= 4 is 50.4 Å². The van der Waals surface area contributed by atoms with Gasteiger partial charge in [0.25, 0.3) is 0 Å².